The van der Waals surface area contributed by atoms with Gasteiger partial charge in [-0.05, 0) is 37.1 Å². The molecule has 21 heavy (non-hydrogen) atoms. The number of aromatic nitrogens is 2. The quantitative estimate of drug-likeness (QED) is 0.833. The molecule has 0 fully saturated rings. The second-order valence-electron chi connectivity index (χ2n) is 5.38. The Balaban J connectivity index is 2.24. The van der Waals surface area contributed by atoms with Gasteiger partial charge >= 0.3 is 0 Å². The van der Waals surface area contributed by atoms with E-state index in [4.69, 9.17) is 11.6 Å². The highest BCUT2D eigenvalue weighted by Crippen LogP contribution is 2.26. The number of hydrogen-bond donors (Lipinski definition) is 1. The summed E-state index contributed by atoms with van der Waals surface area (Å²) in [6.07, 6.45) is 5.90. The predicted molar refractivity (Wildman–Crippen MR) is 88.8 cm³/mol. The standard InChI is InChI=1S/C17H24ClN3/c1-4-9-21-10-8-20-17(21)12-16(19-5-2)14-7-6-13(3)11-15(14)18/h6-8,10-11,16,19H,4-5,9,12H2,1-3H3. The predicted octanol–water partition coefficient (Wildman–Crippen LogP) is 4.15. The Kier molecular flexibility index (Phi) is 5.83. The molecule has 1 aromatic heterocycles. The molecular weight excluding hydrogens is 282 g/mol. The average Bonchev–Trinajstić information content (AvgIpc) is 2.86. The maximum absolute atomic E-state index is 6.43. The molecular formula is C17H24ClN3. The number of imidazole rings is 1. The van der Waals surface area contributed by atoms with Gasteiger partial charge in [0.15, 0.2) is 0 Å². The number of benzene rings is 1. The minimum atomic E-state index is 0.195. The van der Waals surface area contributed by atoms with E-state index < -0.39 is 0 Å². The van der Waals surface area contributed by atoms with Crippen LogP contribution in [0, 0.1) is 6.92 Å². The third-order valence-corrected chi connectivity index (χ3v) is 3.96. The van der Waals surface area contributed by atoms with E-state index in [1.807, 2.05) is 12.3 Å². The lowest BCUT2D eigenvalue weighted by Gasteiger charge is -2.20. The largest absolute Gasteiger partial charge is 0.335 e. The Morgan fingerprint density at radius 1 is 1.33 bits per heavy atom. The van der Waals surface area contributed by atoms with E-state index in [0.29, 0.717) is 0 Å². The molecule has 0 aliphatic heterocycles. The lowest BCUT2D eigenvalue weighted by atomic mass is 10.0. The molecule has 0 saturated heterocycles. The number of aryl methyl sites for hydroxylation is 2. The van der Waals surface area contributed by atoms with E-state index in [1.54, 1.807) is 0 Å². The summed E-state index contributed by atoms with van der Waals surface area (Å²) in [5.74, 6) is 1.11. The first-order chi connectivity index (χ1) is 10.2. The van der Waals surface area contributed by atoms with E-state index in [9.17, 15) is 0 Å². The first-order valence-electron chi connectivity index (χ1n) is 7.65. The molecule has 1 unspecified atom stereocenters. The molecule has 2 rings (SSSR count). The molecule has 4 heteroatoms. The average molecular weight is 306 g/mol. The molecule has 0 aliphatic carbocycles. The van der Waals surface area contributed by atoms with Crippen molar-refractivity contribution < 1.29 is 0 Å². The van der Waals surface area contributed by atoms with Crippen LogP contribution in [0.5, 0.6) is 0 Å². The summed E-state index contributed by atoms with van der Waals surface area (Å²) in [7, 11) is 0. The fourth-order valence-electron chi connectivity index (χ4n) is 2.61. The maximum Gasteiger partial charge on any atom is 0.110 e. The SMILES string of the molecule is CCCn1ccnc1CC(NCC)c1ccc(C)cc1Cl. The van der Waals surface area contributed by atoms with Crippen molar-refractivity contribution in [3.63, 3.8) is 0 Å². The van der Waals surface area contributed by atoms with Crippen molar-refractivity contribution in [2.45, 2.75) is 46.2 Å². The molecule has 0 aliphatic rings. The van der Waals surface area contributed by atoms with Crippen LogP contribution in [0.25, 0.3) is 0 Å². The summed E-state index contributed by atoms with van der Waals surface area (Å²) in [6, 6.07) is 6.46. The molecule has 2 aromatic rings. The van der Waals surface area contributed by atoms with Gasteiger partial charge in [0, 0.05) is 36.4 Å². The summed E-state index contributed by atoms with van der Waals surface area (Å²) in [5, 5.41) is 4.36. The molecule has 1 N–H and O–H groups in total. The zero-order valence-corrected chi connectivity index (χ0v) is 13.8. The Labute approximate surface area is 132 Å². The van der Waals surface area contributed by atoms with E-state index >= 15 is 0 Å². The Bertz CT molecular complexity index is 577. The summed E-state index contributed by atoms with van der Waals surface area (Å²) in [4.78, 5) is 4.51. The zero-order valence-electron chi connectivity index (χ0n) is 13.1. The van der Waals surface area contributed by atoms with E-state index in [2.05, 4.69) is 54.0 Å². The fourth-order valence-corrected chi connectivity index (χ4v) is 2.98. The van der Waals surface area contributed by atoms with Gasteiger partial charge in [0.25, 0.3) is 0 Å². The second kappa shape index (κ2) is 7.62. The van der Waals surface area contributed by atoms with Crippen LogP contribution >= 0.6 is 11.6 Å². The van der Waals surface area contributed by atoms with Crippen LogP contribution < -0.4 is 5.32 Å². The molecule has 1 aromatic carbocycles. The topological polar surface area (TPSA) is 29.9 Å². The Morgan fingerprint density at radius 3 is 2.81 bits per heavy atom. The van der Waals surface area contributed by atoms with Gasteiger partial charge in [-0.3, -0.25) is 0 Å². The van der Waals surface area contributed by atoms with Gasteiger partial charge in [0.1, 0.15) is 5.82 Å². The monoisotopic (exact) mass is 305 g/mol. The fraction of sp³-hybridized carbons (Fsp3) is 0.471. The Hall–Kier alpha value is -1.32. The van der Waals surface area contributed by atoms with Crippen molar-refractivity contribution in [3.05, 3.63) is 52.6 Å². The molecule has 1 atom stereocenters. The molecule has 1 heterocycles. The number of hydrogen-bond acceptors (Lipinski definition) is 2. The van der Waals surface area contributed by atoms with E-state index in [-0.39, 0.29) is 6.04 Å². The summed E-state index contributed by atoms with van der Waals surface area (Å²) in [6.45, 7) is 8.28. The maximum atomic E-state index is 6.43. The van der Waals surface area contributed by atoms with Gasteiger partial charge in [-0.25, -0.2) is 4.98 Å². The van der Waals surface area contributed by atoms with Crippen LogP contribution in [-0.4, -0.2) is 16.1 Å². The summed E-state index contributed by atoms with van der Waals surface area (Å²) in [5.41, 5.74) is 2.33. The van der Waals surface area contributed by atoms with Gasteiger partial charge < -0.3 is 9.88 Å². The summed E-state index contributed by atoms with van der Waals surface area (Å²) < 4.78 is 2.23. The van der Waals surface area contributed by atoms with E-state index in [1.165, 1.54) is 5.56 Å². The number of halogens is 1. The normalized spacial score (nSPS) is 12.6. The second-order valence-corrected chi connectivity index (χ2v) is 5.78. The number of rotatable bonds is 7. The van der Waals surface area contributed by atoms with Crippen molar-refractivity contribution in [1.82, 2.24) is 14.9 Å². The minimum absolute atomic E-state index is 0.195. The third kappa shape index (κ3) is 4.08. The Morgan fingerprint density at radius 2 is 2.14 bits per heavy atom. The van der Waals surface area contributed by atoms with E-state index in [0.717, 1.165) is 42.3 Å². The van der Waals surface area contributed by atoms with Crippen molar-refractivity contribution in [2.24, 2.45) is 0 Å². The van der Waals surface area contributed by atoms with Crippen LogP contribution in [0.3, 0.4) is 0 Å². The van der Waals surface area contributed by atoms with Gasteiger partial charge in [-0.2, -0.15) is 0 Å². The van der Waals surface area contributed by atoms with Gasteiger partial charge in [0.05, 0.1) is 0 Å². The van der Waals surface area contributed by atoms with Crippen molar-refractivity contribution >= 4 is 11.6 Å². The lowest BCUT2D eigenvalue weighted by Crippen LogP contribution is -2.24. The number of nitrogens with zero attached hydrogens (tertiary/aromatic N) is 2. The first-order valence-corrected chi connectivity index (χ1v) is 8.03. The van der Waals surface area contributed by atoms with Crippen molar-refractivity contribution in [2.75, 3.05) is 6.54 Å². The van der Waals surface area contributed by atoms with Crippen molar-refractivity contribution in [1.29, 1.82) is 0 Å². The highest BCUT2D eigenvalue weighted by Gasteiger charge is 2.17. The van der Waals surface area contributed by atoms with Gasteiger partial charge in [-0.1, -0.05) is 37.6 Å². The molecule has 0 saturated carbocycles. The third-order valence-electron chi connectivity index (χ3n) is 3.63. The molecule has 0 bridgehead atoms. The molecule has 114 valence electrons. The lowest BCUT2D eigenvalue weighted by molar-refractivity contribution is 0.516. The van der Waals surface area contributed by atoms with Crippen LogP contribution in [0.2, 0.25) is 5.02 Å². The molecule has 0 radical (unpaired) electrons. The zero-order chi connectivity index (χ0) is 15.2. The minimum Gasteiger partial charge on any atom is -0.335 e. The molecule has 0 spiro atoms. The first kappa shape index (κ1) is 16.1. The summed E-state index contributed by atoms with van der Waals surface area (Å²) >= 11 is 6.43. The molecule has 0 amide bonds. The van der Waals surface area contributed by atoms with Crippen LogP contribution in [0.15, 0.2) is 30.6 Å². The van der Waals surface area contributed by atoms with Gasteiger partial charge in [-0.15, -0.1) is 0 Å². The number of nitrogens with one attached hydrogen (secondary N) is 1. The van der Waals surface area contributed by atoms with Crippen LogP contribution in [0.1, 0.15) is 43.3 Å². The van der Waals surface area contributed by atoms with Gasteiger partial charge in [0.2, 0.25) is 0 Å². The number of likely N-dealkylation sites (N-methyl/N-ethyl adjacent to an activating group) is 1. The smallest absolute Gasteiger partial charge is 0.110 e. The van der Waals surface area contributed by atoms with Crippen LogP contribution in [0.4, 0.5) is 0 Å². The van der Waals surface area contributed by atoms with Crippen LogP contribution in [-0.2, 0) is 13.0 Å². The highest BCUT2D eigenvalue weighted by atomic mass is 35.5. The van der Waals surface area contributed by atoms with Crippen molar-refractivity contribution in [3.8, 4) is 0 Å². The highest BCUT2D eigenvalue weighted by molar-refractivity contribution is 6.31. The molecule has 3 nitrogen and oxygen atoms in total.